The van der Waals surface area contributed by atoms with Crippen molar-refractivity contribution in [1.82, 2.24) is 0 Å². The number of hydrogen-bond donors (Lipinski definition) is 0. The summed E-state index contributed by atoms with van der Waals surface area (Å²) in [6.07, 6.45) is 10.9. The Balaban J connectivity index is 1.65. The second-order valence-corrected chi connectivity index (χ2v) is 6.31. The maximum Gasteiger partial charge on any atom is 0.0991 e. The van der Waals surface area contributed by atoms with Gasteiger partial charge in [-0.15, -0.1) is 6.58 Å². The summed E-state index contributed by atoms with van der Waals surface area (Å²) in [7, 11) is 0. The monoisotopic (exact) mass is 297 g/mol. The molecule has 0 amide bonds. The molecule has 0 N–H and O–H groups in total. The average molecular weight is 297 g/mol. The van der Waals surface area contributed by atoms with Gasteiger partial charge < -0.3 is 4.74 Å². The van der Waals surface area contributed by atoms with E-state index in [1.54, 1.807) is 0 Å². The lowest BCUT2D eigenvalue weighted by Crippen LogP contribution is -2.13. The molecule has 0 aliphatic heterocycles. The Kier molecular flexibility index (Phi) is 7.19. The number of nitriles is 1. The highest BCUT2D eigenvalue weighted by atomic mass is 16.5. The summed E-state index contributed by atoms with van der Waals surface area (Å²) in [6, 6.07) is 10.4. The van der Waals surface area contributed by atoms with Crippen LogP contribution in [0.1, 0.15) is 62.0 Å². The molecule has 1 aromatic carbocycles. The van der Waals surface area contributed by atoms with E-state index in [0.717, 1.165) is 18.1 Å². The second-order valence-electron chi connectivity index (χ2n) is 6.31. The summed E-state index contributed by atoms with van der Waals surface area (Å²) in [5.74, 6) is 1.59. The van der Waals surface area contributed by atoms with Crippen LogP contribution in [0.2, 0.25) is 0 Å². The lowest BCUT2D eigenvalue weighted by molar-refractivity contribution is 0.154. The second kappa shape index (κ2) is 9.43. The molecule has 1 aliphatic carbocycles. The lowest BCUT2D eigenvalue weighted by Gasteiger charge is -2.29. The minimum atomic E-state index is 0.676. The van der Waals surface area contributed by atoms with Gasteiger partial charge >= 0.3 is 0 Å². The summed E-state index contributed by atoms with van der Waals surface area (Å²) < 4.78 is 5.43. The maximum absolute atomic E-state index is 8.86. The minimum Gasteiger partial charge on any atom is -0.377 e. The fourth-order valence-corrected chi connectivity index (χ4v) is 3.42. The Morgan fingerprint density at radius 1 is 1.14 bits per heavy atom. The zero-order valence-corrected chi connectivity index (χ0v) is 13.5. The van der Waals surface area contributed by atoms with Gasteiger partial charge in [-0.3, -0.25) is 0 Å². The normalized spacial score (nSPS) is 21.2. The molecule has 0 aromatic heterocycles. The molecule has 1 aromatic rings. The molecule has 0 unspecified atom stereocenters. The largest absolute Gasteiger partial charge is 0.377 e. The molecule has 1 fully saturated rings. The van der Waals surface area contributed by atoms with Gasteiger partial charge in [0.2, 0.25) is 0 Å². The molecule has 0 saturated heterocycles. The first-order chi connectivity index (χ1) is 10.8. The molecule has 2 nitrogen and oxygen atoms in total. The van der Waals surface area contributed by atoms with Crippen LogP contribution in [0.3, 0.4) is 0 Å². The van der Waals surface area contributed by atoms with Gasteiger partial charge in [-0.1, -0.05) is 31.1 Å². The Labute approximate surface area is 134 Å². The fourth-order valence-electron chi connectivity index (χ4n) is 3.42. The van der Waals surface area contributed by atoms with Crippen LogP contribution >= 0.6 is 0 Å². The summed E-state index contributed by atoms with van der Waals surface area (Å²) in [6.45, 7) is 5.20. The van der Waals surface area contributed by atoms with E-state index in [1.807, 2.05) is 18.2 Å². The van der Waals surface area contributed by atoms with Crippen LogP contribution in [0.4, 0.5) is 0 Å². The van der Waals surface area contributed by atoms with E-state index in [1.165, 1.54) is 50.5 Å². The van der Waals surface area contributed by atoms with Crippen molar-refractivity contribution in [3.8, 4) is 6.07 Å². The zero-order valence-electron chi connectivity index (χ0n) is 13.5. The minimum absolute atomic E-state index is 0.676. The highest BCUT2D eigenvalue weighted by molar-refractivity contribution is 5.33. The Morgan fingerprint density at radius 3 is 2.50 bits per heavy atom. The predicted molar refractivity (Wildman–Crippen MR) is 90.7 cm³/mol. The number of unbranched alkanes of at least 4 members (excludes halogenated alkanes) is 1. The van der Waals surface area contributed by atoms with Crippen molar-refractivity contribution < 1.29 is 4.74 Å². The SMILES string of the molecule is C=CCOCCCCC1CCC(c2ccc(C#N)cc2)CC1. The van der Waals surface area contributed by atoms with E-state index < -0.39 is 0 Å². The zero-order chi connectivity index (χ0) is 15.6. The third-order valence-electron chi connectivity index (χ3n) is 4.74. The molecule has 0 spiro atoms. The van der Waals surface area contributed by atoms with Crippen LogP contribution in [0.25, 0.3) is 0 Å². The molecule has 0 heterocycles. The molecule has 1 saturated carbocycles. The van der Waals surface area contributed by atoms with E-state index in [0.29, 0.717) is 12.5 Å². The van der Waals surface area contributed by atoms with Gasteiger partial charge in [0.1, 0.15) is 0 Å². The van der Waals surface area contributed by atoms with E-state index in [-0.39, 0.29) is 0 Å². The van der Waals surface area contributed by atoms with Crippen LogP contribution in [0.15, 0.2) is 36.9 Å². The summed E-state index contributed by atoms with van der Waals surface area (Å²) in [5, 5.41) is 8.86. The van der Waals surface area contributed by atoms with Crippen molar-refractivity contribution >= 4 is 0 Å². The molecular formula is C20H27NO. The number of hydrogen-bond acceptors (Lipinski definition) is 2. The first kappa shape index (κ1) is 16.8. The molecule has 22 heavy (non-hydrogen) atoms. The van der Waals surface area contributed by atoms with Crippen molar-refractivity contribution in [3.63, 3.8) is 0 Å². The Morgan fingerprint density at radius 2 is 1.86 bits per heavy atom. The van der Waals surface area contributed by atoms with Gasteiger partial charge in [-0.2, -0.15) is 5.26 Å². The van der Waals surface area contributed by atoms with Crippen molar-refractivity contribution in [2.24, 2.45) is 5.92 Å². The van der Waals surface area contributed by atoms with Crippen LogP contribution in [-0.4, -0.2) is 13.2 Å². The van der Waals surface area contributed by atoms with Crippen molar-refractivity contribution in [3.05, 3.63) is 48.0 Å². The number of benzene rings is 1. The van der Waals surface area contributed by atoms with Crippen molar-refractivity contribution in [2.45, 2.75) is 50.9 Å². The van der Waals surface area contributed by atoms with Crippen molar-refractivity contribution in [1.29, 1.82) is 5.26 Å². The van der Waals surface area contributed by atoms with Gasteiger partial charge in [-0.05, 0) is 61.6 Å². The molecular weight excluding hydrogens is 270 g/mol. The Bertz CT molecular complexity index is 477. The first-order valence-electron chi connectivity index (χ1n) is 8.52. The maximum atomic E-state index is 8.86. The lowest BCUT2D eigenvalue weighted by atomic mass is 9.77. The molecule has 118 valence electrons. The van der Waals surface area contributed by atoms with Gasteiger partial charge in [-0.25, -0.2) is 0 Å². The quantitative estimate of drug-likeness (QED) is 0.488. The Hall–Kier alpha value is -1.59. The summed E-state index contributed by atoms with van der Waals surface area (Å²) >= 11 is 0. The van der Waals surface area contributed by atoms with Gasteiger partial charge in [0, 0.05) is 6.61 Å². The third-order valence-corrected chi connectivity index (χ3v) is 4.74. The predicted octanol–water partition coefficient (Wildman–Crippen LogP) is 5.20. The third kappa shape index (κ3) is 5.31. The molecule has 2 rings (SSSR count). The van der Waals surface area contributed by atoms with Gasteiger partial charge in [0.15, 0.2) is 0 Å². The molecule has 0 atom stereocenters. The number of ether oxygens (including phenoxy) is 1. The van der Waals surface area contributed by atoms with Crippen LogP contribution in [-0.2, 0) is 4.74 Å². The fraction of sp³-hybridized carbons (Fsp3) is 0.550. The first-order valence-corrected chi connectivity index (χ1v) is 8.52. The topological polar surface area (TPSA) is 33.0 Å². The average Bonchev–Trinajstić information content (AvgIpc) is 2.59. The van der Waals surface area contributed by atoms with E-state index in [9.17, 15) is 0 Å². The highest BCUT2D eigenvalue weighted by Crippen LogP contribution is 2.37. The summed E-state index contributed by atoms with van der Waals surface area (Å²) in [4.78, 5) is 0. The summed E-state index contributed by atoms with van der Waals surface area (Å²) in [5.41, 5.74) is 2.17. The van der Waals surface area contributed by atoms with Crippen LogP contribution < -0.4 is 0 Å². The molecule has 2 heteroatoms. The highest BCUT2D eigenvalue weighted by Gasteiger charge is 2.21. The van der Waals surface area contributed by atoms with E-state index in [4.69, 9.17) is 10.00 Å². The number of nitrogens with zero attached hydrogens (tertiary/aromatic N) is 1. The smallest absolute Gasteiger partial charge is 0.0991 e. The molecule has 0 radical (unpaired) electrons. The standard InChI is InChI=1S/C20H27NO/c1-2-14-22-15-4-3-5-17-6-10-19(11-7-17)20-12-8-18(16-21)9-13-20/h2,8-9,12-13,17,19H,1,3-7,10-11,14-15H2. The van der Waals surface area contributed by atoms with E-state index in [2.05, 4.69) is 24.8 Å². The number of rotatable bonds is 8. The van der Waals surface area contributed by atoms with Gasteiger partial charge in [0.25, 0.3) is 0 Å². The van der Waals surface area contributed by atoms with Crippen LogP contribution in [0.5, 0.6) is 0 Å². The van der Waals surface area contributed by atoms with Gasteiger partial charge in [0.05, 0.1) is 18.2 Å². The molecule has 0 bridgehead atoms. The van der Waals surface area contributed by atoms with Crippen LogP contribution in [0, 0.1) is 17.2 Å². The van der Waals surface area contributed by atoms with E-state index >= 15 is 0 Å². The molecule has 1 aliphatic rings. The van der Waals surface area contributed by atoms with Crippen molar-refractivity contribution in [2.75, 3.05) is 13.2 Å².